The lowest BCUT2D eigenvalue weighted by Crippen LogP contribution is -2.54. The molecule has 1 aromatic rings. The van der Waals surface area contributed by atoms with Crippen molar-refractivity contribution >= 4 is 27.3 Å². The third-order valence-electron chi connectivity index (χ3n) is 3.22. The molecule has 1 N–H and O–H groups in total. The number of anilines is 1. The molecule has 5 nitrogen and oxygen atoms in total. The van der Waals surface area contributed by atoms with Crippen LogP contribution < -0.4 is 10.2 Å². The van der Waals surface area contributed by atoms with Gasteiger partial charge in [-0.2, -0.15) is 0 Å². The van der Waals surface area contributed by atoms with Gasteiger partial charge >= 0.3 is 0 Å². The molecule has 0 saturated carbocycles. The van der Waals surface area contributed by atoms with Gasteiger partial charge in [-0.3, -0.25) is 10.1 Å². The van der Waals surface area contributed by atoms with E-state index in [2.05, 4.69) is 40.0 Å². The predicted molar refractivity (Wildman–Crippen MR) is 75.1 cm³/mol. The third kappa shape index (κ3) is 2.64. The molecule has 1 saturated heterocycles. The number of benzene rings is 1. The number of halogens is 1. The molecule has 98 valence electrons. The molecule has 0 bridgehead atoms. The van der Waals surface area contributed by atoms with E-state index in [0.29, 0.717) is 12.1 Å². The van der Waals surface area contributed by atoms with Crippen molar-refractivity contribution in [1.29, 1.82) is 0 Å². The highest BCUT2D eigenvalue weighted by molar-refractivity contribution is 9.10. The zero-order chi connectivity index (χ0) is 13.3. The van der Waals surface area contributed by atoms with E-state index in [0.717, 1.165) is 23.2 Å². The highest BCUT2D eigenvalue weighted by Crippen LogP contribution is 2.32. The van der Waals surface area contributed by atoms with Crippen molar-refractivity contribution in [3.05, 3.63) is 32.8 Å². The molecule has 0 radical (unpaired) electrons. The van der Waals surface area contributed by atoms with Crippen molar-refractivity contribution in [3.63, 3.8) is 0 Å². The number of non-ortho nitro benzene ring substituents is 1. The number of nitrogens with one attached hydrogen (secondary N) is 1. The minimum Gasteiger partial charge on any atom is -0.365 e. The Morgan fingerprint density at radius 2 is 2.22 bits per heavy atom. The first-order valence-electron chi connectivity index (χ1n) is 5.93. The SMILES string of the molecule is CC1CN(c2ccc([N+](=O)[O-])cc2Br)C(C)CN1. The molecule has 18 heavy (non-hydrogen) atoms. The first-order valence-corrected chi connectivity index (χ1v) is 6.72. The number of nitrogens with zero attached hydrogens (tertiary/aromatic N) is 2. The number of nitro benzene ring substituents is 1. The molecule has 2 rings (SSSR count). The summed E-state index contributed by atoms with van der Waals surface area (Å²) in [6.45, 7) is 6.10. The van der Waals surface area contributed by atoms with Crippen LogP contribution in [0.25, 0.3) is 0 Å². The molecular weight excluding hydrogens is 298 g/mol. The Hall–Kier alpha value is -1.14. The minimum atomic E-state index is -0.377. The van der Waals surface area contributed by atoms with E-state index >= 15 is 0 Å². The van der Waals surface area contributed by atoms with Crippen molar-refractivity contribution in [3.8, 4) is 0 Å². The van der Waals surface area contributed by atoms with E-state index in [1.54, 1.807) is 12.1 Å². The van der Waals surface area contributed by atoms with Crippen molar-refractivity contribution in [2.24, 2.45) is 0 Å². The average molecular weight is 314 g/mol. The summed E-state index contributed by atoms with van der Waals surface area (Å²) >= 11 is 3.43. The average Bonchev–Trinajstić information content (AvgIpc) is 2.32. The van der Waals surface area contributed by atoms with Crippen molar-refractivity contribution in [1.82, 2.24) is 5.32 Å². The second kappa shape index (κ2) is 5.24. The fourth-order valence-electron chi connectivity index (χ4n) is 2.20. The summed E-state index contributed by atoms with van der Waals surface area (Å²) in [5.41, 5.74) is 1.13. The molecule has 1 aliphatic heterocycles. The Bertz CT molecular complexity index is 467. The van der Waals surface area contributed by atoms with Crippen LogP contribution in [0.3, 0.4) is 0 Å². The van der Waals surface area contributed by atoms with Gasteiger partial charge in [-0.15, -0.1) is 0 Å². The molecule has 2 unspecified atom stereocenters. The fourth-order valence-corrected chi connectivity index (χ4v) is 2.79. The normalized spacial score (nSPS) is 24.1. The third-order valence-corrected chi connectivity index (χ3v) is 3.85. The van der Waals surface area contributed by atoms with Crippen LogP contribution in [0.4, 0.5) is 11.4 Å². The largest absolute Gasteiger partial charge is 0.365 e. The standard InChI is InChI=1S/C12H16BrN3O2/c1-8-7-15(9(2)6-14-8)12-4-3-10(16(17)18)5-11(12)13/h3-5,8-9,14H,6-7H2,1-2H3. The Labute approximate surface area is 114 Å². The quantitative estimate of drug-likeness (QED) is 0.673. The number of piperazine rings is 1. The molecule has 1 aliphatic rings. The van der Waals surface area contributed by atoms with Gasteiger partial charge in [-0.05, 0) is 35.8 Å². The van der Waals surface area contributed by atoms with Gasteiger partial charge in [0.15, 0.2) is 0 Å². The number of hydrogen-bond donors (Lipinski definition) is 1. The highest BCUT2D eigenvalue weighted by atomic mass is 79.9. The molecule has 0 amide bonds. The number of nitro groups is 1. The molecule has 1 fully saturated rings. The van der Waals surface area contributed by atoms with Gasteiger partial charge in [0.25, 0.3) is 5.69 Å². The maximum Gasteiger partial charge on any atom is 0.270 e. The van der Waals surface area contributed by atoms with E-state index < -0.39 is 0 Å². The summed E-state index contributed by atoms with van der Waals surface area (Å²) < 4.78 is 0.776. The Morgan fingerprint density at radius 1 is 1.50 bits per heavy atom. The first kappa shape index (κ1) is 13.3. The zero-order valence-electron chi connectivity index (χ0n) is 10.4. The summed E-state index contributed by atoms with van der Waals surface area (Å²) in [7, 11) is 0. The second-order valence-electron chi connectivity index (χ2n) is 4.70. The molecule has 1 heterocycles. The topological polar surface area (TPSA) is 58.4 Å². The van der Waals surface area contributed by atoms with E-state index in [1.807, 2.05) is 6.07 Å². The van der Waals surface area contributed by atoms with Crippen LogP contribution in [-0.4, -0.2) is 30.1 Å². The van der Waals surface area contributed by atoms with Crippen molar-refractivity contribution in [2.75, 3.05) is 18.0 Å². The lowest BCUT2D eigenvalue weighted by molar-refractivity contribution is -0.384. The van der Waals surface area contributed by atoms with Crippen molar-refractivity contribution in [2.45, 2.75) is 25.9 Å². The Kier molecular flexibility index (Phi) is 3.87. The Morgan fingerprint density at radius 3 is 2.83 bits per heavy atom. The molecule has 1 aromatic carbocycles. The van der Waals surface area contributed by atoms with E-state index in [1.165, 1.54) is 0 Å². The first-order chi connectivity index (χ1) is 8.49. The van der Waals surface area contributed by atoms with Crippen LogP contribution in [-0.2, 0) is 0 Å². The zero-order valence-corrected chi connectivity index (χ0v) is 12.0. The summed E-state index contributed by atoms with van der Waals surface area (Å²) in [6.07, 6.45) is 0. The van der Waals surface area contributed by atoms with Crippen molar-refractivity contribution < 1.29 is 4.92 Å². The lowest BCUT2D eigenvalue weighted by atomic mass is 10.1. The molecule has 6 heteroatoms. The smallest absolute Gasteiger partial charge is 0.270 e. The summed E-state index contributed by atoms with van der Waals surface area (Å²) in [4.78, 5) is 12.6. The van der Waals surface area contributed by atoms with Gasteiger partial charge in [0, 0.05) is 41.8 Å². The summed E-state index contributed by atoms with van der Waals surface area (Å²) in [5.74, 6) is 0. The number of rotatable bonds is 2. The van der Waals surface area contributed by atoms with Crippen LogP contribution in [0.5, 0.6) is 0 Å². The predicted octanol–water partition coefficient (Wildman–Crippen LogP) is 2.54. The van der Waals surface area contributed by atoms with Gasteiger partial charge in [0.05, 0.1) is 10.6 Å². The summed E-state index contributed by atoms with van der Waals surface area (Å²) in [5, 5.41) is 14.1. The molecule has 0 aromatic heterocycles. The molecular formula is C12H16BrN3O2. The van der Waals surface area contributed by atoms with Gasteiger partial charge in [-0.25, -0.2) is 0 Å². The van der Waals surface area contributed by atoms with Gasteiger partial charge < -0.3 is 10.2 Å². The van der Waals surface area contributed by atoms with E-state index in [9.17, 15) is 10.1 Å². The minimum absolute atomic E-state index is 0.112. The maximum absolute atomic E-state index is 10.7. The van der Waals surface area contributed by atoms with Crippen LogP contribution in [0, 0.1) is 10.1 Å². The molecule has 0 aliphatic carbocycles. The molecule has 2 atom stereocenters. The van der Waals surface area contributed by atoms with Gasteiger partial charge in [0.2, 0.25) is 0 Å². The van der Waals surface area contributed by atoms with Gasteiger partial charge in [0.1, 0.15) is 0 Å². The monoisotopic (exact) mass is 313 g/mol. The highest BCUT2D eigenvalue weighted by Gasteiger charge is 2.24. The second-order valence-corrected chi connectivity index (χ2v) is 5.56. The maximum atomic E-state index is 10.7. The Balaban J connectivity index is 2.30. The lowest BCUT2D eigenvalue weighted by Gasteiger charge is -2.39. The summed E-state index contributed by atoms with van der Waals surface area (Å²) in [6, 6.07) is 5.73. The van der Waals surface area contributed by atoms with Crippen LogP contribution in [0.15, 0.2) is 22.7 Å². The fraction of sp³-hybridized carbons (Fsp3) is 0.500. The molecule has 0 spiro atoms. The van der Waals surface area contributed by atoms with Gasteiger partial charge in [-0.1, -0.05) is 0 Å². The van der Waals surface area contributed by atoms with Crippen LogP contribution >= 0.6 is 15.9 Å². The number of hydrogen-bond acceptors (Lipinski definition) is 4. The van der Waals surface area contributed by atoms with Crippen LogP contribution in [0.2, 0.25) is 0 Å². The van der Waals surface area contributed by atoms with E-state index in [-0.39, 0.29) is 10.6 Å². The van der Waals surface area contributed by atoms with Crippen LogP contribution in [0.1, 0.15) is 13.8 Å². The van der Waals surface area contributed by atoms with E-state index in [4.69, 9.17) is 0 Å².